The molecule has 1 aliphatic heterocycles. The van der Waals surface area contributed by atoms with Crippen LogP contribution in [0.15, 0.2) is 60.8 Å². The number of hydrogen-bond acceptors (Lipinski definition) is 7. The molecule has 2 N–H and O–H groups in total. The van der Waals surface area contributed by atoms with Crippen molar-refractivity contribution in [2.45, 2.75) is 19.3 Å². The molecule has 0 unspecified atom stereocenters. The molecule has 0 bridgehead atoms. The predicted molar refractivity (Wildman–Crippen MR) is 144 cm³/mol. The van der Waals surface area contributed by atoms with Crippen molar-refractivity contribution in [3.8, 4) is 11.3 Å². The molecule has 0 atom stereocenters. The van der Waals surface area contributed by atoms with Crippen LogP contribution in [0.1, 0.15) is 19.3 Å². The number of piperazine rings is 1. The Morgan fingerprint density at radius 3 is 2.32 bits per heavy atom. The van der Waals surface area contributed by atoms with Crippen molar-refractivity contribution in [3.63, 3.8) is 0 Å². The van der Waals surface area contributed by atoms with Crippen molar-refractivity contribution >= 4 is 34.8 Å². The van der Waals surface area contributed by atoms with E-state index in [9.17, 15) is 9.59 Å². The smallest absolute Gasteiger partial charge is 0.227 e. The first-order chi connectivity index (χ1) is 18.1. The Hall–Kier alpha value is -3.98. The van der Waals surface area contributed by atoms with Crippen LogP contribution in [-0.2, 0) is 14.3 Å². The molecule has 5 rings (SSSR count). The minimum Gasteiger partial charge on any atom is -0.384 e. The maximum atomic E-state index is 12.2. The molecule has 3 aromatic rings. The fourth-order valence-electron chi connectivity index (χ4n) is 4.34. The highest BCUT2D eigenvalue weighted by atomic mass is 16.5. The molecular formula is C28H32N6O3. The van der Waals surface area contributed by atoms with Gasteiger partial charge in [-0.15, -0.1) is 0 Å². The zero-order valence-corrected chi connectivity index (χ0v) is 21.0. The lowest BCUT2D eigenvalue weighted by Crippen LogP contribution is -2.49. The van der Waals surface area contributed by atoms with Crippen molar-refractivity contribution in [3.05, 3.63) is 60.8 Å². The number of aromatic nitrogens is 2. The van der Waals surface area contributed by atoms with Gasteiger partial charge in [-0.2, -0.15) is 0 Å². The number of rotatable bonds is 9. The maximum absolute atomic E-state index is 12.2. The summed E-state index contributed by atoms with van der Waals surface area (Å²) in [4.78, 5) is 37.4. The highest BCUT2D eigenvalue weighted by Crippen LogP contribution is 2.30. The van der Waals surface area contributed by atoms with Crippen LogP contribution in [0.2, 0.25) is 0 Å². The molecule has 1 saturated carbocycles. The zero-order valence-electron chi connectivity index (χ0n) is 21.0. The summed E-state index contributed by atoms with van der Waals surface area (Å²) in [7, 11) is 1.62. The van der Waals surface area contributed by atoms with Crippen LogP contribution in [0.5, 0.6) is 0 Å². The lowest BCUT2D eigenvalue weighted by Gasteiger charge is -2.36. The fraction of sp³-hybridized carbons (Fsp3) is 0.357. The van der Waals surface area contributed by atoms with E-state index in [1.165, 1.54) is 0 Å². The number of hydrogen-bond donors (Lipinski definition) is 2. The van der Waals surface area contributed by atoms with E-state index >= 15 is 0 Å². The average molecular weight is 501 g/mol. The largest absolute Gasteiger partial charge is 0.384 e. The van der Waals surface area contributed by atoms with Gasteiger partial charge in [0, 0.05) is 68.0 Å². The number of nitrogens with zero attached hydrogens (tertiary/aromatic N) is 4. The SMILES string of the molecule is COCCC(=O)N1CCN(c2ccc(Nc3nccc(-c4ccc(NC(=O)C5CC5)cc4)n3)cc2)CC1. The lowest BCUT2D eigenvalue weighted by atomic mass is 10.1. The molecule has 0 radical (unpaired) electrons. The van der Waals surface area contributed by atoms with Crippen molar-refractivity contribution < 1.29 is 14.3 Å². The number of amides is 2. The van der Waals surface area contributed by atoms with Gasteiger partial charge in [0.15, 0.2) is 0 Å². The molecule has 192 valence electrons. The van der Waals surface area contributed by atoms with Crippen molar-refractivity contribution in [2.24, 2.45) is 5.92 Å². The third-order valence-electron chi connectivity index (χ3n) is 6.69. The lowest BCUT2D eigenvalue weighted by molar-refractivity contribution is -0.132. The van der Waals surface area contributed by atoms with Crippen LogP contribution in [0.25, 0.3) is 11.3 Å². The molecule has 2 heterocycles. The summed E-state index contributed by atoms with van der Waals surface area (Å²) in [5.41, 5.74) is 4.56. The summed E-state index contributed by atoms with van der Waals surface area (Å²) in [6, 6.07) is 17.7. The number of methoxy groups -OCH3 is 1. The highest BCUT2D eigenvalue weighted by Gasteiger charge is 2.29. The first kappa shape index (κ1) is 24.7. The van der Waals surface area contributed by atoms with E-state index < -0.39 is 0 Å². The van der Waals surface area contributed by atoms with Gasteiger partial charge >= 0.3 is 0 Å². The molecule has 2 fully saturated rings. The Labute approximate surface area is 216 Å². The van der Waals surface area contributed by atoms with Gasteiger partial charge < -0.3 is 25.2 Å². The third-order valence-corrected chi connectivity index (χ3v) is 6.69. The Balaban J connectivity index is 1.16. The Morgan fingerprint density at radius 1 is 0.946 bits per heavy atom. The van der Waals surface area contributed by atoms with E-state index in [0.717, 1.165) is 67.3 Å². The van der Waals surface area contributed by atoms with Gasteiger partial charge in [0.05, 0.1) is 18.7 Å². The second-order valence-corrected chi connectivity index (χ2v) is 9.39. The molecular weight excluding hydrogens is 468 g/mol. The van der Waals surface area contributed by atoms with E-state index in [4.69, 9.17) is 4.74 Å². The monoisotopic (exact) mass is 500 g/mol. The van der Waals surface area contributed by atoms with E-state index in [2.05, 4.69) is 37.6 Å². The van der Waals surface area contributed by atoms with Crippen LogP contribution >= 0.6 is 0 Å². The number of anilines is 4. The van der Waals surface area contributed by atoms with Crippen molar-refractivity contribution in [1.29, 1.82) is 0 Å². The second kappa shape index (κ2) is 11.4. The molecule has 2 aromatic carbocycles. The van der Waals surface area contributed by atoms with Crippen LogP contribution < -0.4 is 15.5 Å². The number of carbonyl (C=O) groups excluding carboxylic acids is 2. The topological polar surface area (TPSA) is 99.7 Å². The fourth-order valence-corrected chi connectivity index (χ4v) is 4.34. The van der Waals surface area contributed by atoms with Crippen LogP contribution in [0.3, 0.4) is 0 Å². The summed E-state index contributed by atoms with van der Waals surface area (Å²) in [6.45, 7) is 3.51. The van der Waals surface area contributed by atoms with E-state index in [0.29, 0.717) is 19.0 Å². The maximum Gasteiger partial charge on any atom is 0.227 e. The molecule has 1 aromatic heterocycles. The van der Waals surface area contributed by atoms with Gasteiger partial charge in [-0.3, -0.25) is 9.59 Å². The Bertz CT molecular complexity index is 1220. The van der Waals surface area contributed by atoms with Crippen LogP contribution in [0.4, 0.5) is 23.0 Å². The number of ether oxygens (including phenoxy) is 1. The standard InChI is InChI=1S/C28H32N6O3/c1-37-19-13-26(35)34-17-15-33(16-18-34)24-10-8-23(9-11-24)31-28-29-14-12-25(32-28)20-4-6-22(7-5-20)30-27(36)21-2-3-21/h4-12,14,21H,2-3,13,15-19H2,1H3,(H,30,36)(H,29,31,32). The molecule has 2 aliphatic rings. The molecule has 37 heavy (non-hydrogen) atoms. The Morgan fingerprint density at radius 2 is 1.65 bits per heavy atom. The minimum absolute atomic E-state index is 0.0996. The van der Waals surface area contributed by atoms with E-state index in [-0.39, 0.29) is 17.7 Å². The van der Waals surface area contributed by atoms with Crippen LogP contribution in [0, 0.1) is 5.92 Å². The first-order valence-electron chi connectivity index (χ1n) is 12.7. The molecule has 9 heteroatoms. The van der Waals surface area contributed by atoms with Gasteiger partial charge in [0.2, 0.25) is 17.8 Å². The average Bonchev–Trinajstić information content (AvgIpc) is 3.79. The molecule has 9 nitrogen and oxygen atoms in total. The third kappa shape index (κ3) is 6.42. The highest BCUT2D eigenvalue weighted by molar-refractivity contribution is 5.94. The number of benzene rings is 2. The molecule has 1 aliphatic carbocycles. The Kier molecular flexibility index (Phi) is 7.60. The number of carbonyl (C=O) groups is 2. The van der Waals surface area contributed by atoms with Gasteiger partial charge in [-0.25, -0.2) is 9.97 Å². The molecule has 1 saturated heterocycles. The summed E-state index contributed by atoms with van der Waals surface area (Å²) in [6.07, 6.45) is 4.13. The zero-order chi connectivity index (χ0) is 25.6. The van der Waals surface area contributed by atoms with E-state index in [1.807, 2.05) is 47.4 Å². The van der Waals surface area contributed by atoms with Crippen molar-refractivity contribution in [1.82, 2.24) is 14.9 Å². The quantitative estimate of drug-likeness (QED) is 0.459. The van der Waals surface area contributed by atoms with E-state index in [1.54, 1.807) is 13.3 Å². The first-order valence-corrected chi connectivity index (χ1v) is 12.7. The summed E-state index contributed by atoms with van der Waals surface area (Å²) >= 11 is 0. The van der Waals surface area contributed by atoms with Crippen LogP contribution in [-0.4, -0.2) is 66.6 Å². The van der Waals surface area contributed by atoms with Gasteiger partial charge in [-0.1, -0.05) is 12.1 Å². The molecule has 0 spiro atoms. The van der Waals surface area contributed by atoms with Crippen molar-refractivity contribution in [2.75, 3.05) is 55.4 Å². The summed E-state index contributed by atoms with van der Waals surface area (Å²) in [5.74, 6) is 0.943. The van der Waals surface area contributed by atoms with Gasteiger partial charge in [-0.05, 0) is 55.3 Å². The van der Waals surface area contributed by atoms with Gasteiger partial charge in [0.1, 0.15) is 0 Å². The second-order valence-electron chi connectivity index (χ2n) is 9.39. The summed E-state index contributed by atoms with van der Waals surface area (Å²) in [5, 5.41) is 6.24. The van der Waals surface area contributed by atoms with Gasteiger partial charge in [0.25, 0.3) is 0 Å². The number of nitrogens with one attached hydrogen (secondary N) is 2. The summed E-state index contributed by atoms with van der Waals surface area (Å²) < 4.78 is 5.02. The molecule has 2 amide bonds. The normalized spacial score (nSPS) is 15.4. The minimum atomic E-state index is 0.0996. The predicted octanol–water partition coefficient (Wildman–Crippen LogP) is 3.92.